The number of carbonyl (C=O) groups is 1. The number of fused-ring (bicyclic) bond motifs is 3. The predicted molar refractivity (Wildman–Crippen MR) is 101 cm³/mol. The van der Waals surface area contributed by atoms with Crippen molar-refractivity contribution in [1.82, 2.24) is 4.72 Å². The fourth-order valence-corrected chi connectivity index (χ4v) is 5.24. The number of furan rings is 1. The molecule has 0 unspecified atom stereocenters. The lowest BCUT2D eigenvalue weighted by atomic mass is 10.1. The van der Waals surface area contributed by atoms with Gasteiger partial charge in [-0.3, -0.25) is 0 Å². The van der Waals surface area contributed by atoms with Crippen LogP contribution in [0.1, 0.15) is 56.3 Å². The second kappa shape index (κ2) is 8.31. The van der Waals surface area contributed by atoms with E-state index >= 15 is 0 Å². The number of sulfonamides is 1. The van der Waals surface area contributed by atoms with E-state index in [1.807, 2.05) is 6.07 Å². The third-order valence-corrected chi connectivity index (χ3v) is 6.68. The molecule has 1 aromatic heterocycles. The molecule has 3 N–H and O–H groups in total. The number of hydrogen-bond donors (Lipinski definition) is 3. The minimum Gasteiger partial charge on any atom is -0.461 e. The topological polar surface area (TPSA) is 117 Å². The Labute approximate surface area is 158 Å². The maximum atomic E-state index is 12.6. The fraction of sp³-hybridized carbons (Fsp3) is 0.526. The van der Waals surface area contributed by atoms with Crippen LogP contribution in [-0.4, -0.2) is 30.8 Å². The quantitative estimate of drug-likeness (QED) is 0.672. The molecule has 0 bridgehead atoms. The molecule has 7 nitrogen and oxygen atoms in total. The Morgan fingerprint density at radius 1 is 1.04 bits per heavy atom. The molecular weight excluding hydrogens is 370 g/mol. The zero-order chi connectivity index (χ0) is 19.4. The predicted octanol–water partition coefficient (Wildman–Crippen LogP) is 4.15. The molecule has 1 aromatic carbocycles. The molecule has 2 aromatic rings. The van der Waals surface area contributed by atoms with E-state index < -0.39 is 16.2 Å². The molecule has 148 valence electrons. The van der Waals surface area contributed by atoms with Crippen molar-refractivity contribution in [3.63, 3.8) is 0 Å². The number of aryl methyl sites for hydroxylation is 2. The lowest BCUT2D eigenvalue weighted by molar-refractivity contribution is 0.137. The van der Waals surface area contributed by atoms with Gasteiger partial charge in [0.25, 0.3) is 0 Å². The summed E-state index contributed by atoms with van der Waals surface area (Å²) in [5, 5.41) is 15.0. The fourth-order valence-electron chi connectivity index (χ4n) is 3.92. The van der Waals surface area contributed by atoms with Gasteiger partial charge in [-0.2, -0.15) is 0 Å². The molecule has 4 rings (SSSR count). The van der Waals surface area contributed by atoms with Gasteiger partial charge in [-0.15, -0.1) is 0 Å². The van der Waals surface area contributed by atoms with Crippen molar-refractivity contribution in [2.75, 3.05) is 0 Å². The molecule has 0 radical (unpaired) electrons. The van der Waals surface area contributed by atoms with Gasteiger partial charge < -0.3 is 14.6 Å². The third-order valence-electron chi connectivity index (χ3n) is 5.17. The van der Waals surface area contributed by atoms with E-state index in [-0.39, 0.29) is 6.04 Å². The minimum absolute atomic E-state index is 0.0871. The molecule has 0 saturated heterocycles. The van der Waals surface area contributed by atoms with Crippen LogP contribution in [0.25, 0.3) is 11.0 Å². The van der Waals surface area contributed by atoms with Crippen molar-refractivity contribution < 1.29 is 27.8 Å². The highest BCUT2D eigenvalue weighted by Crippen LogP contribution is 2.32. The van der Waals surface area contributed by atoms with E-state index in [2.05, 4.69) is 4.72 Å². The van der Waals surface area contributed by atoms with Crippen LogP contribution >= 0.6 is 0 Å². The van der Waals surface area contributed by atoms with Gasteiger partial charge in [0.05, 0.1) is 4.90 Å². The van der Waals surface area contributed by atoms with Gasteiger partial charge >= 0.3 is 6.16 Å². The maximum absolute atomic E-state index is 12.6. The van der Waals surface area contributed by atoms with Crippen LogP contribution in [0.4, 0.5) is 4.79 Å². The zero-order valence-corrected chi connectivity index (χ0v) is 15.9. The first-order chi connectivity index (χ1) is 12.9. The lowest BCUT2D eigenvalue weighted by Gasteiger charge is -2.12. The molecular formula is C19H25NO6S. The highest BCUT2D eigenvalue weighted by atomic mass is 32.2. The van der Waals surface area contributed by atoms with Crippen molar-refractivity contribution >= 4 is 27.1 Å². The van der Waals surface area contributed by atoms with E-state index in [1.165, 1.54) is 18.4 Å². The first kappa shape index (κ1) is 19.7. The Morgan fingerprint density at radius 2 is 1.70 bits per heavy atom. The molecule has 0 aliphatic heterocycles. The normalized spacial score (nSPS) is 17.8. The standard InChI is InChI=1S/C18H23NO3S.CH2O3/c20-23(21,19-13-6-4-5-7-13)14-10-11-16-15-8-2-1-3-9-17(15)22-18(16)12-14;2-1(3)4/h10-13,19H,1-9H2;(H2,2,3,4). The van der Waals surface area contributed by atoms with Gasteiger partial charge in [0.1, 0.15) is 11.3 Å². The van der Waals surface area contributed by atoms with Gasteiger partial charge in [-0.1, -0.05) is 19.3 Å². The molecule has 8 heteroatoms. The van der Waals surface area contributed by atoms with Gasteiger partial charge in [0, 0.05) is 29.5 Å². The number of benzene rings is 1. The average Bonchev–Trinajstić information content (AvgIpc) is 3.15. The van der Waals surface area contributed by atoms with Gasteiger partial charge in [-0.25, -0.2) is 17.9 Å². The maximum Gasteiger partial charge on any atom is 0.503 e. The minimum atomic E-state index is -3.45. The van der Waals surface area contributed by atoms with Gasteiger partial charge in [-0.05, 0) is 44.2 Å². The van der Waals surface area contributed by atoms with Crippen LogP contribution < -0.4 is 4.72 Å². The molecule has 0 amide bonds. The SMILES string of the molecule is O=C(O)O.O=S(=O)(NC1CCCC1)c1ccc2c3c(oc2c1)CCCCC3. The van der Waals surface area contributed by atoms with Crippen LogP contribution in [0, 0.1) is 0 Å². The summed E-state index contributed by atoms with van der Waals surface area (Å²) in [5.74, 6) is 1.05. The Kier molecular flexibility index (Phi) is 6.06. The summed E-state index contributed by atoms with van der Waals surface area (Å²) in [5.41, 5.74) is 2.00. The Morgan fingerprint density at radius 3 is 2.41 bits per heavy atom. The van der Waals surface area contributed by atoms with Crippen LogP contribution in [0.15, 0.2) is 27.5 Å². The second-order valence-corrected chi connectivity index (χ2v) is 8.82. The van der Waals surface area contributed by atoms with Crippen molar-refractivity contribution in [3.8, 4) is 0 Å². The number of rotatable bonds is 3. The molecule has 27 heavy (non-hydrogen) atoms. The number of nitrogens with one attached hydrogen (secondary N) is 1. The smallest absolute Gasteiger partial charge is 0.461 e. The number of carboxylic acid groups (broad SMARTS) is 2. The highest BCUT2D eigenvalue weighted by Gasteiger charge is 2.24. The molecule has 1 saturated carbocycles. The van der Waals surface area contributed by atoms with Crippen LogP contribution in [-0.2, 0) is 22.9 Å². The summed E-state index contributed by atoms with van der Waals surface area (Å²) in [4.78, 5) is 8.88. The number of hydrogen-bond acceptors (Lipinski definition) is 4. The first-order valence-corrected chi connectivity index (χ1v) is 10.8. The van der Waals surface area contributed by atoms with E-state index in [0.29, 0.717) is 10.5 Å². The zero-order valence-electron chi connectivity index (χ0n) is 15.1. The molecule has 1 fully saturated rings. The van der Waals surface area contributed by atoms with Gasteiger partial charge in [0.2, 0.25) is 10.0 Å². The van der Waals surface area contributed by atoms with Crippen molar-refractivity contribution in [2.45, 2.75) is 68.7 Å². The molecule has 2 aliphatic rings. The van der Waals surface area contributed by atoms with E-state index in [9.17, 15) is 8.42 Å². The summed E-state index contributed by atoms with van der Waals surface area (Å²) in [6.45, 7) is 0. The first-order valence-electron chi connectivity index (χ1n) is 9.35. The van der Waals surface area contributed by atoms with Crippen molar-refractivity contribution in [2.24, 2.45) is 0 Å². The average molecular weight is 395 g/mol. The summed E-state index contributed by atoms with van der Waals surface area (Å²) in [6.07, 6.45) is 7.85. The Hall–Kier alpha value is -2.06. The van der Waals surface area contributed by atoms with Gasteiger partial charge in [0.15, 0.2) is 0 Å². The monoisotopic (exact) mass is 395 g/mol. The summed E-state index contributed by atoms with van der Waals surface area (Å²) < 4.78 is 34.0. The van der Waals surface area contributed by atoms with Crippen LogP contribution in [0.2, 0.25) is 0 Å². The van der Waals surface area contributed by atoms with Crippen LogP contribution in [0.5, 0.6) is 0 Å². The third kappa shape index (κ3) is 4.81. The Balaban J connectivity index is 0.000000481. The van der Waals surface area contributed by atoms with Crippen molar-refractivity contribution in [1.29, 1.82) is 0 Å². The lowest BCUT2D eigenvalue weighted by Crippen LogP contribution is -2.32. The Bertz CT molecular complexity index is 908. The van der Waals surface area contributed by atoms with Crippen molar-refractivity contribution in [3.05, 3.63) is 29.5 Å². The van der Waals surface area contributed by atoms with E-state index in [0.717, 1.165) is 56.1 Å². The summed E-state index contributed by atoms with van der Waals surface area (Å²) in [7, 11) is -3.45. The molecule has 1 heterocycles. The molecule has 2 aliphatic carbocycles. The van der Waals surface area contributed by atoms with E-state index in [1.54, 1.807) is 12.1 Å². The largest absolute Gasteiger partial charge is 0.503 e. The summed E-state index contributed by atoms with van der Waals surface area (Å²) in [6, 6.07) is 5.43. The molecule has 0 spiro atoms. The van der Waals surface area contributed by atoms with E-state index in [4.69, 9.17) is 19.4 Å². The molecule has 0 atom stereocenters. The van der Waals surface area contributed by atoms with Crippen LogP contribution in [0.3, 0.4) is 0 Å². The summed E-state index contributed by atoms with van der Waals surface area (Å²) >= 11 is 0. The highest BCUT2D eigenvalue weighted by molar-refractivity contribution is 7.89. The second-order valence-electron chi connectivity index (χ2n) is 7.11.